The van der Waals surface area contributed by atoms with Gasteiger partial charge in [-0.3, -0.25) is 9.59 Å². The summed E-state index contributed by atoms with van der Waals surface area (Å²) in [5.74, 6) is -1.50. The average molecular weight is 159 g/mol. The van der Waals surface area contributed by atoms with Crippen molar-refractivity contribution in [2.24, 2.45) is 17.4 Å². The molecule has 0 aliphatic carbocycles. The van der Waals surface area contributed by atoms with Gasteiger partial charge in [0, 0.05) is 13.0 Å². The van der Waals surface area contributed by atoms with Crippen LogP contribution in [0.3, 0.4) is 0 Å². The van der Waals surface area contributed by atoms with E-state index in [0.717, 1.165) is 0 Å². The highest BCUT2D eigenvalue weighted by Gasteiger charge is 2.16. The quantitative estimate of drug-likeness (QED) is 0.440. The molecule has 5 N–H and O–H groups in total. The molecule has 0 rings (SSSR count). The van der Waals surface area contributed by atoms with E-state index in [1.54, 1.807) is 7.05 Å². The molecular formula is C6H13N3O2. The van der Waals surface area contributed by atoms with Crippen LogP contribution in [0.4, 0.5) is 0 Å². The van der Waals surface area contributed by atoms with Crippen LogP contribution in [0.25, 0.3) is 0 Å². The second kappa shape index (κ2) is 4.68. The smallest absolute Gasteiger partial charge is 0.222 e. The minimum atomic E-state index is -0.510. The maximum absolute atomic E-state index is 10.6. The predicted octanol–water partition coefficient (Wildman–Crippen LogP) is -1.82. The minimum Gasteiger partial charge on any atom is -0.370 e. The molecule has 11 heavy (non-hydrogen) atoms. The largest absolute Gasteiger partial charge is 0.370 e. The Bertz CT molecular complexity index is 158. The van der Waals surface area contributed by atoms with Crippen molar-refractivity contribution in [1.82, 2.24) is 5.32 Å². The molecular weight excluding hydrogens is 146 g/mol. The number of nitrogens with one attached hydrogen (secondary N) is 1. The van der Waals surface area contributed by atoms with Crippen molar-refractivity contribution >= 4 is 11.8 Å². The Hall–Kier alpha value is -1.10. The summed E-state index contributed by atoms with van der Waals surface area (Å²) in [6.45, 7) is 0.387. The highest BCUT2D eigenvalue weighted by Crippen LogP contribution is 1.98. The van der Waals surface area contributed by atoms with Gasteiger partial charge in [-0.25, -0.2) is 0 Å². The Labute approximate surface area is 65.1 Å². The first-order valence-corrected chi connectivity index (χ1v) is 3.30. The third-order valence-corrected chi connectivity index (χ3v) is 1.30. The normalized spacial score (nSPS) is 12.5. The topological polar surface area (TPSA) is 98.2 Å². The number of amides is 2. The van der Waals surface area contributed by atoms with E-state index < -0.39 is 17.7 Å². The van der Waals surface area contributed by atoms with Gasteiger partial charge in [-0.1, -0.05) is 0 Å². The Kier molecular flexibility index (Phi) is 4.21. The van der Waals surface area contributed by atoms with Crippen LogP contribution in [0, 0.1) is 5.92 Å². The summed E-state index contributed by atoms with van der Waals surface area (Å²) in [6, 6.07) is 0. The van der Waals surface area contributed by atoms with Crippen molar-refractivity contribution in [2.75, 3.05) is 13.6 Å². The van der Waals surface area contributed by atoms with E-state index in [9.17, 15) is 9.59 Å². The molecule has 5 heteroatoms. The molecule has 0 spiro atoms. The Morgan fingerprint density at radius 2 is 2.00 bits per heavy atom. The van der Waals surface area contributed by atoms with Crippen molar-refractivity contribution in [2.45, 2.75) is 6.42 Å². The standard InChI is InChI=1S/C6H13N3O2/c1-9-3-4(6(8)11)2-5(7)10/h4,9H,2-3H2,1H3,(H2,7,10)(H2,8,11). The molecule has 0 aliphatic rings. The van der Waals surface area contributed by atoms with E-state index >= 15 is 0 Å². The minimum absolute atomic E-state index is 0.0101. The Morgan fingerprint density at radius 1 is 1.45 bits per heavy atom. The maximum Gasteiger partial charge on any atom is 0.222 e. The summed E-state index contributed by atoms with van der Waals surface area (Å²) >= 11 is 0. The summed E-state index contributed by atoms with van der Waals surface area (Å²) in [7, 11) is 1.68. The second-order valence-corrected chi connectivity index (χ2v) is 2.33. The predicted molar refractivity (Wildman–Crippen MR) is 40.4 cm³/mol. The molecule has 0 heterocycles. The molecule has 5 nitrogen and oxygen atoms in total. The molecule has 0 radical (unpaired) electrons. The lowest BCUT2D eigenvalue weighted by Gasteiger charge is -2.09. The van der Waals surface area contributed by atoms with Gasteiger partial charge in [0.1, 0.15) is 0 Å². The maximum atomic E-state index is 10.6. The monoisotopic (exact) mass is 159 g/mol. The zero-order chi connectivity index (χ0) is 8.85. The lowest BCUT2D eigenvalue weighted by molar-refractivity contribution is -0.126. The summed E-state index contributed by atoms with van der Waals surface area (Å²) in [5.41, 5.74) is 9.87. The highest BCUT2D eigenvalue weighted by atomic mass is 16.2. The fourth-order valence-corrected chi connectivity index (χ4v) is 0.763. The number of rotatable bonds is 5. The fourth-order valence-electron chi connectivity index (χ4n) is 0.763. The van der Waals surface area contributed by atoms with Crippen molar-refractivity contribution < 1.29 is 9.59 Å². The number of carbonyl (C=O) groups excluding carboxylic acids is 2. The van der Waals surface area contributed by atoms with Crippen LogP contribution in [-0.4, -0.2) is 25.4 Å². The van der Waals surface area contributed by atoms with E-state index in [1.165, 1.54) is 0 Å². The number of hydrogen-bond donors (Lipinski definition) is 3. The molecule has 2 amide bonds. The molecule has 0 aromatic rings. The molecule has 0 fully saturated rings. The van der Waals surface area contributed by atoms with E-state index in [1.807, 2.05) is 0 Å². The van der Waals surface area contributed by atoms with Gasteiger partial charge in [-0.2, -0.15) is 0 Å². The number of carbonyl (C=O) groups is 2. The van der Waals surface area contributed by atoms with Gasteiger partial charge < -0.3 is 16.8 Å². The molecule has 0 bridgehead atoms. The van der Waals surface area contributed by atoms with E-state index in [2.05, 4.69) is 5.32 Å². The van der Waals surface area contributed by atoms with Crippen LogP contribution < -0.4 is 16.8 Å². The summed E-state index contributed by atoms with van der Waals surface area (Å²) in [4.78, 5) is 21.0. The van der Waals surface area contributed by atoms with Gasteiger partial charge in [0.15, 0.2) is 0 Å². The average Bonchev–Trinajstić information content (AvgIpc) is 1.86. The zero-order valence-corrected chi connectivity index (χ0v) is 6.46. The van der Waals surface area contributed by atoms with E-state index in [0.29, 0.717) is 6.54 Å². The van der Waals surface area contributed by atoms with Crippen LogP contribution in [-0.2, 0) is 9.59 Å². The van der Waals surface area contributed by atoms with Crippen LogP contribution in [0.2, 0.25) is 0 Å². The van der Waals surface area contributed by atoms with Crippen LogP contribution >= 0.6 is 0 Å². The number of hydrogen-bond acceptors (Lipinski definition) is 3. The van der Waals surface area contributed by atoms with Crippen LogP contribution in [0.1, 0.15) is 6.42 Å². The number of primary amides is 2. The molecule has 0 aliphatic heterocycles. The molecule has 64 valence electrons. The lowest BCUT2D eigenvalue weighted by Crippen LogP contribution is -2.34. The lowest BCUT2D eigenvalue weighted by atomic mass is 10.1. The SMILES string of the molecule is CNCC(CC(N)=O)C(N)=O. The third-order valence-electron chi connectivity index (χ3n) is 1.30. The second-order valence-electron chi connectivity index (χ2n) is 2.33. The first kappa shape index (κ1) is 9.90. The summed E-state index contributed by atoms with van der Waals surface area (Å²) in [5, 5.41) is 2.75. The molecule has 0 saturated heterocycles. The molecule has 0 saturated carbocycles. The fraction of sp³-hybridized carbons (Fsp3) is 0.667. The number of nitrogens with two attached hydrogens (primary N) is 2. The van der Waals surface area contributed by atoms with E-state index in [4.69, 9.17) is 11.5 Å². The first-order valence-electron chi connectivity index (χ1n) is 3.30. The van der Waals surface area contributed by atoms with Crippen molar-refractivity contribution in [3.05, 3.63) is 0 Å². The van der Waals surface area contributed by atoms with E-state index in [-0.39, 0.29) is 6.42 Å². The van der Waals surface area contributed by atoms with Gasteiger partial charge in [0.25, 0.3) is 0 Å². The first-order chi connectivity index (χ1) is 5.07. The summed E-state index contributed by atoms with van der Waals surface area (Å²) in [6.07, 6.45) is 0.0101. The zero-order valence-electron chi connectivity index (χ0n) is 6.46. The highest BCUT2D eigenvalue weighted by molar-refractivity contribution is 5.84. The van der Waals surface area contributed by atoms with Crippen LogP contribution in [0.15, 0.2) is 0 Å². The molecule has 1 unspecified atom stereocenters. The van der Waals surface area contributed by atoms with Crippen molar-refractivity contribution in [1.29, 1.82) is 0 Å². The van der Waals surface area contributed by atoms with Gasteiger partial charge >= 0.3 is 0 Å². The van der Waals surface area contributed by atoms with Gasteiger partial charge in [0.05, 0.1) is 5.92 Å². The molecule has 0 aromatic carbocycles. The van der Waals surface area contributed by atoms with Gasteiger partial charge in [0.2, 0.25) is 11.8 Å². The van der Waals surface area contributed by atoms with Gasteiger partial charge in [-0.05, 0) is 7.05 Å². The third kappa shape index (κ3) is 4.32. The van der Waals surface area contributed by atoms with Crippen LogP contribution in [0.5, 0.6) is 0 Å². The molecule has 1 atom stereocenters. The van der Waals surface area contributed by atoms with Crippen molar-refractivity contribution in [3.8, 4) is 0 Å². The molecule has 0 aromatic heterocycles. The Morgan fingerprint density at radius 3 is 2.27 bits per heavy atom. The van der Waals surface area contributed by atoms with Gasteiger partial charge in [-0.15, -0.1) is 0 Å². The Balaban J connectivity index is 3.89. The summed E-state index contributed by atoms with van der Waals surface area (Å²) < 4.78 is 0. The van der Waals surface area contributed by atoms with Crippen molar-refractivity contribution in [3.63, 3.8) is 0 Å².